The molecule has 0 unspecified atom stereocenters. The van der Waals surface area contributed by atoms with Crippen LogP contribution in [-0.2, 0) is 6.54 Å². The van der Waals surface area contributed by atoms with Gasteiger partial charge in [0.2, 0.25) is 0 Å². The first-order chi connectivity index (χ1) is 10.1. The molecule has 2 rings (SSSR count). The van der Waals surface area contributed by atoms with Gasteiger partial charge in [-0.1, -0.05) is 25.1 Å². The molecule has 0 aliphatic rings. The lowest BCUT2D eigenvalue weighted by molar-refractivity contribution is 0.766. The van der Waals surface area contributed by atoms with Crippen molar-refractivity contribution in [1.29, 1.82) is 5.26 Å². The molecule has 0 amide bonds. The maximum Gasteiger partial charge on any atom is 0.101 e. The zero-order chi connectivity index (χ0) is 15.2. The van der Waals surface area contributed by atoms with Crippen LogP contribution in [0.25, 0.3) is 0 Å². The van der Waals surface area contributed by atoms with Crippen molar-refractivity contribution in [3.8, 4) is 6.07 Å². The number of hydrogen-bond donors (Lipinski definition) is 1. The van der Waals surface area contributed by atoms with Gasteiger partial charge in [0, 0.05) is 18.8 Å². The Labute approximate surface area is 126 Å². The standard InChI is InChI=1S/C18H21N3/c1-3-9-21(13-15-5-4-6-17(20)11-15)18-8-7-14(2)10-16(18)12-19/h4-8,10-11H,3,9,13,20H2,1-2H3. The summed E-state index contributed by atoms with van der Waals surface area (Å²) in [5, 5.41) is 9.37. The van der Waals surface area contributed by atoms with Gasteiger partial charge in [0.1, 0.15) is 6.07 Å². The molecule has 0 saturated heterocycles. The van der Waals surface area contributed by atoms with Crippen LogP contribution in [-0.4, -0.2) is 6.54 Å². The van der Waals surface area contributed by atoms with Gasteiger partial charge in [-0.3, -0.25) is 0 Å². The van der Waals surface area contributed by atoms with Crippen LogP contribution in [0.3, 0.4) is 0 Å². The summed E-state index contributed by atoms with van der Waals surface area (Å²) in [6, 6.07) is 16.3. The van der Waals surface area contributed by atoms with Crippen molar-refractivity contribution in [2.75, 3.05) is 17.2 Å². The molecule has 3 nitrogen and oxygen atoms in total. The molecule has 0 radical (unpaired) electrons. The van der Waals surface area contributed by atoms with Gasteiger partial charge < -0.3 is 10.6 Å². The van der Waals surface area contributed by atoms with E-state index in [2.05, 4.69) is 30.0 Å². The molecule has 3 heteroatoms. The van der Waals surface area contributed by atoms with E-state index in [1.807, 2.05) is 37.3 Å². The number of nitrogen functional groups attached to an aromatic ring is 1. The van der Waals surface area contributed by atoms with Crippen molar-refractivity contribution in [3.63, 3.8) is 0 Å². The first kappa shape index (κ1) is 14.9. The summed E-state index contributed by atoms with van der Waals surface area (Å²) in [4.78, 5) is 2.24. The number of nitriles is 1. The van der Waals surface area contributed by atoms with Gasteiger partial charge in [0.25, 0.3) is 0 Å². The number of anilines is 2. The number of rotatable bonds is 5. The van der Waals surface area contributed by atoms with Crippen molar-refractivity contribution in [2.24, 2.45) is 0 Å². The van der Waals surface area contributed by atoms with Crippen LogP contribution in [0.15, 0.2) is 42.5 Å². The molecule has 21 heavy (non-hydrogen) atoms. The Morgan fingerprint density at radius 2 is 2.00 bits per heavy atom. The Bertz CT molecular complexity index is 656. The van der Waals surface area contributed by atoms with Crippen LogP contribution in [0.4, 0.5) is 11.4 Å². The van der Waals surface area contributed by atoms with E-state index in [4.69, 9.17) is 5.73 Å². The molecule has 2 aromatic rings. The largest absolute Gasteiger partial charge is 0.399 e. The topological polar surface area (TPSA) is 53.0 Å². The minimum absolute atomic E-state index is 0.729. The molecule has 0 spiro atoms. The van der Waals surface area contributed by atoms with Gasteiger partial charge in [0.15, 0.2) is 0 Å². The van der Waals surface area contributed by atoms with Crippen LogP contribution in [0.1, 0.15) is 30.0 Å². The average Bonchev–Trinajstić information content (AvgIpc) is 2.47. The number of aryl methyl sites for hydroxylation is 1. The van der Waals surface area contributed by atoms with Gasteiger partial charge >= 0.3 is 0 Å². The van der Waals surface area contributed by atoms with Crippen molar-refractivity contribution in [3.05, 3.63) is 59.2 Å². The van der Waals surface area contributed by atoms with Crippen LogP contribution in [0, 0.1) is 18.3 Å². The second kappa shape index (κ2) is 6.81. The van der Waals surface area contributed by atoms with Gasteiger partial charge in [-0.05, 0) is 48.7 Å². The summed E-state index contributed by atoms with van der Waals surface area (Å²) in [7, 11) is 0. The monoisotopic (exact) mass is 279 g/mol. The quantitative estimate of drug-likeness (QED) is 0.845. The maximum atomic E-state index is 9.37. The molecule has 0 aromatic heterocycles. The molecule has 0 aliphatic heterocycles. The number of nitrogens with two attached hydrogens (primary N) is 1. The summed E-state index contributed by atoms with van der Waals surface area (Å²) in [6.45, 7) is 5.82. The SMILES string of the molecule is CCCN(Cc1cccc(N)c1)c1ccc(C)cc1C#N. The minimum Gasteiger partial charge on any atom is -0.399 e. The highest BCUT2D eigenvalue weighted by atomic mass is 15.1. The summed E-state index contributed by atoms with van der Waals surface area (Å²) in [6.07, 6.45) is 1.03. The van der Waals surface area contributed by atoms with Gasteiger partial charge in [-0.15, -0.1) is 0 Å². The highest BCUT2D eigenvalue weighted by Crippen LogP contribution is 2.24. The predicted octanol–water partition coefficient (Wildman–Crippen LogP) is 3.87. The van der Waals surface area contributed by atoms with Gasteiger partial charge in [0.05, 0.1) is 11.3 Å². The smallest absolute Gasteiger partial charge is 0.101 e. The highest BCUT2D eigenvalue weighted by Gasteiger charge is 2.11. The normalized spacial score (nSPS) is 10.1. The van der Waals surface area contributed by atoms with E-state index >= 15 is 0 Å². The van der Waals surface area contributed by atoms with E-state index in [9.17, 15) is 5.26 Å². The molecule has 2 aromatic carbocycles. The summed E-state index contributed by atoms with van der Waals surface area (Å²) in [5.74, 6) is 0. The molecule has 0 bridgehead atoms. The van der Waals surface area contributed by atoms with E-state index in [1.54, 1.807) is 0 Å². The first-order valence-corrected chi connectivity index (χ1v) is 7.24. The lowest BCUT2D eigenvalue weighted by Gasteiger charge is -2.26. The van der Waals surface area contributed by atoms with E-state index in [0.717, 1.165) is 47.6 Å². The molecular formula is C18H21N3. The average molecular weight is 279 g/mol. The third-order valence-corrected chi connectivity index (χ3v) is 3.43. The molecule has 108 valence electrons. The van der Waals surface area contributed by atoms with Crippen molar-refractivity contribution >= 4 is 11.4 Å². The summed E-state index contributed by atoms with van der Waals surface area (Å²) >= 11 is 0. The van der Waals surface area contributed by atoms with Crippen LogP contribution < -0.4 is 10.6 Å². The molecule has 0 atom stereocenters. The lowest BCUT2D eigenvalue weighted by atomic mass is 10.1. The van der Waals surface area contributed by atoms with E-state index < -0.39 is 0 Å². The van der Waals surface area contributed by atoms with Gasteiger partial charge in [-0.25, -0.2) is 0 Å². The van der Waals surface area contributed by atoms with Crippen LogP contribution in [0.5, 0.6) is 0 Å². The Balaban J connectivity index is 2.33. The van der Waals surface area contributed by atoms with Crippen LogP contribution >= 0.6 is 0 Å². The Kier molecular flexibility index (Phi) is 4.84. The zero-order valence-corrected chi connectivity index (χ0v) is 12.6. The lowest BCUT2D eigenvalue weighted by Crippen LogP contribution is -2.24. The van der Waals surface area contributed by atoms with E-state index in [0.29, 0.717) is 0 Å². The molecule has 2 N–H and O–H groups in total. The fraction of sp³-hybridized carbons (Fsp3) is 0.278. The summed E-state index contributed by atoms with van der Waals surface area (Å²) in [5.41, 5.74) is 10.6. The number of nitrogens with zero attached hydrogens (tertiary/aromatic N) is 2. The molecule has 0 saturated carbocycles. The van der Waals surface area contributed by atoms with Crippen molar-refractivity contribution < 1.29 is 0 Å². The second-order valence-corrected chi connectivity index (χ2v) is 5.30. The van der Waals surface area contributed by atoms with Crippen molar-refractivity contribution in [2.45, 2.75) is 26.8 Å². The predicted molar refractivity (Wildman–Crippen MR) is 88.1 cm³/mol. The number of benzene rings is 2. The Morgan fingerprint density at radius 3 is 2.67 bits per heavy atom. The van der Waals surface area contributed by atoms with E-state index in [-0.39, 0.29) is 0 Å². The molecule has 0 aliphatic carbocycles. The Morgan fingerprint density at radius 1 is 1.19 bits per heavy atom. The third kappa shape index (κ3) is 3.76. The minimum atomic E-state index is 0.729. The third-order valence-electron chi connectivity index (χ3n) is 3.43. The summed E-state index contributed by atoms with van der Waals surface area (Å²) < 4.78 is 0. The Hall–Kier alpha value is -2.47. The zero-order valence-electron chi connectivity index (χ0n) is 12.6. The fourth-order valence-electron chi connectivity index (χ4n) is 2.48. The number of hydrogen-bond acceptors (Lipinski definition) is 3. The van der Waals surface area contributed by atoms with Crippen molar-refractivity contribution in [1.82, 2.24) is 0 Å². The molecule has 0 heterocycles. The molecule has 0 fully saturated rings. The first-order valence-electron chi connectivity index (χ1n) is 7.24. The van der Waals surface area contributed by atoms with E-state index in [1.165, 1.54) is 0 Å². The second-order valence-electron chi connectivity index (χ2n) is 5.30. The highest BCUT2D eigenvalue weighted by molar-refractivity contribution is 5.60. The molecular weight excluding hydrogens is 258 g/mol. The van der Waals surface area contributed by atoms with Gasteiger partial charge in [-0.2, -0.15) is 5.26 Å². The van der Waals surface area contributed by atoms with Crippen LogP contribution in [0.2, 0.25) is 0 Å². The maximum absolute atomic E-state index is 9.37. The fourth-order valence-corrected chi connectivity index (χ4v) is 2.48.